The SMILES string of the molecule is CCCCC(CCC)NC(=O)c1csc(CCN)n1. The fourth-order valence-electron chi connectivity index (χ4n) is 2.00. The average molecular weight is 283 g/mol. The third-order valence-electron chi connectivity index (χ3n) is 3.02. The van der Waals surface area contributed by atoms with Crippen molar-refractivity contribution < 1.29 is 4.79 Å². The molecule has 0 aliphatic carbocycles. The predicted octanol–water partition coefficient (Wildman–Crippen LogP) is 2.73. The molecule has 0 aliphatic heterocycles. The Morgan fingerprint density at radius 2 is 2.21 bits per heavy atom. The van der Waals surface area contributed by atoms with E-state index < -0.39 is 0 Å². The first-order valence-corrected chi connectivity index (χ1v) is 8.04. The molecule has 3 N–H and O–H groups in total. The van der Waals surface area contributed by atoms with E-state index in [9.17, 15) is 4.79 Å². The van der Waals surface area contributed by atoms with Crippen LogP contribution in [0.3, 0.4) is 0 Å². The van der Waals surface area contributed by atoms with Gasteiger partial charge in [-0.3, -0.25) is 4.79 Å². The molecule has 0 saturated heterocycles. The lowest BCUT2D eigenvalue weighted by atomic mass is 10.1. The van der Waals surface area contributed by atoms with Gasteiger partial charge in [-0.25, -0.2) is 4.98 Å². The molecule has 0 spiro atoms. The highest BCUT2D eigenvalue weighted by Crippen LogP contribution is 2.12. The number of hydrogen-bond acceptors (Lipinski definition) is 4. The topological polar surface area (TPSA) is 68.0 Å². The molecule has 0 saturated carbocycles. The van der Waals surface area contributed by atoms with E-state index in [0.29, 0.717) is 12.2 Å². The van der Waals surface area contributed by atoms with Gasteiger partial charge in [0.15, 0.2) is 0 Å². The van der Waals surface area contributed by atoms with Gasteiger partial charge in [-0.1, -0.05) is 33.1 Å². The molecule has 0 aromatic carbocycles. The Morgan fingerprint density at radius 3 is 2.84 bits per heavy atom. The molecule has 19 heavy (non-hydrogen) atoms. The molecular weight excluding hydrogens is 258 g/mol. The van der Waals surface area contributed by atoms with Crippen molar-refractivity contribution in [2.24, 2.45) is 5.73 Å². The van der Waals surface area contributed by atoms with E-state index in [1.807, 2.05) is 5.38 Å². The average Bonchev–Trinajstić information content (AvgIpc) is 2.85. The van der Waals surface area contributed by atoms with Crippen molar-refractivity contribution in [3.63, 3.8) is 0 Å². The van der Waals surface area contributed by atoms with Gasteiger partial charge in [-0.2, -0.15) is 0 Å². The van der Waals surface area contributed by atoms with Crippen LogP contribution in [0.5, 0.6) is 0 Å². The smallest absolute Gasteiger partial charge is 0.270 e. The number of rotatable bonds is 9. The van der Waals surface area contributed by atoms with Crippen molar-refractivity contribution in [1.29, 1.82) is 0 Å². The minimum Gasteiger partial charge on any atom is -0.348 e. The highest BCUT2D eigenvalue weighted by molar-refractivity contribution is 7.09. The maximum absolute atomic E-state index is 12.1. The number of nitrogens with zero attached hydrogens (tertiary/aromatic N) is 1. The summed E-state index contributed by atoms with van der Waals surface area (Å²) in [5, 5.41) is 5.86. The molecule has 5 heteroatoms. The number of nitrogens with one attached hydrogen (secondary N) is 1. The monoisotopic (exact) mass is 283 g/mol. The standard InChI is InChI=1S/C14H25N3OS/c1-3-5-7-11(6-4-2)16-14(18)12-10-19-13(17-12)8-9-15/h10-11H,3-9,15H2,1-2H3,(H,16,18). The number of nitrogens with two attached hydrogens (primary N) is 1. The lowest BCUT2D eigenvalue weighted by Crippen LogP contribution is -2.35. The lowest BCUT2D eigenvalue weighted by Gasteiger charge is -2.17. The maximum Gasteiger partial charge on any atom is 0.270 e. The van der Waals surface area contributed by atoms with E-state index in [-0.39, 0.29) is 11.9 Å². The second-order valence-corrected chi connectivity index (χ2v) is 5.71. The highest BCUT2D eigenvalue weighted by atomic mass is 32.1. The van der Waals surface area contributed by atoms with Crippen molar-refractivity contribution in [2.45, 2.75) is 58.4 Å². The third-order valence-corrected chi connectivity index (χ3v) is 3.93. The van der Waals surface area contributed by atoms with Crippen LogP contribution in [-0.2, 0) is 6.42 Å². The molecule has 0 bridgehead atoms. The van der Waals surface area contributed by atoms with Crippen molar-refractivity contribution in [3.05, 3.63) is 16.1 Å². The summed E-state index contributed by atoms with van der Waals surface area (Å²) in [6.07, 6.45) is 6.23. The van der Waals surface area contributed by atoms with Gasteiger partial charge in [0.2, 0.25) is 0 Å². The molecule has 1 atom stereocenters. The van der Waals surface area contributed by atoms with Gasteiger partial charge in [0.25, 0.3) is 5.91 Å². The fourth-order valence-corrected chi connectivity index (χ4v) is 2.79. The van der Waals surface area contributed by atoms with Crippen LogP contribution in [-0.4, -0.2) is 23.5 Å². The number of thiazole rings is 1. The Morgan fingerprint density at radius 1 is 1.42 bits per heavy atom. The molecule has 108 valence electrons. The normalized spacial score (nSPS) is 12.4. The van der Waals surface area contributed by atoms with Crippen molar-refractivity contribution >= 4 is 17.2 Å². The number of aromatic nitrogens is 1. The molecule has 4 nitrogen and oxygen atoms in total. The summed E-state index contributed by atoms with van der Waals surface area (Å²) in [6, 6.07) is 0.275. The van der Waals surface area contributed by atoms with Crippen LogP contribution in [0.25, 0.3) is 0 Å². The summed E-state index contributed by atoms with van der Waals surface area (Å²) in [5.74, 6) is -0.0472. The van der Waals surface area contributed by atoms with Gasteiger partial charge in [0.05, 0.1) is 5.01 Å². The van der Waals surface area contributed by atoms with Crippen LogP contribution in [0.4, 0.5) is 0 Å². The quantitative estimate of drug-likeness (QED) is 0.732. The summed E-state index contributed by atoms with van der Waals surface area (Å²) in [7, 11) is 0. The summed E-state index contributed by atoms with van der Waals surface area (Å²) in [5.41, 5.74) is 6.02. The van der Waals surface area contributed by atoms with Crippen LogP contribution < -0.4 is 11.1 Å². The summed E-state index contributed by atoms with van der Waals surface area (Å²) in [4.78, 5) is 16.4. The van der Waals surface area contributed by atoms with Gasteiger partial charge < -0.3 is 11.1 Å². The van der Waals surface area contributed by atoms with E-state index in [1.165, 1.54) is 11.3 Å². The lowest BCUT2D eigenvalue weighted by molar-refractivity contribution is 0.0927. The van der Waals surface area contributed by atoms with E-state index >= 15 is 0 Å². The van der Waals surface area contributed by atoms with Crippen LogP contribution in [0.2, 0.25) is 0 Å². The van der Waals surface area contributed by atoms with Gasteiger partial charge in [0.1, 0.15) is 5.69 Å². The van der Waals surface area contributed by atoms with Gasteiger partial charge in [0, 0.05) is 17.8 Å². The van der Waals surface area contributed by atoms with Gasteiger partial charge in [-0.05, 0) is 19.4 Å². The van der Waals surface area contributed by atoms with Crippen LogP contribution in [0, 0.1) is 0 Å². The van der Waals surface area contributed by atoms with Crippen molar-refractivity contribution in [2.75, 3.05) is 6.54 Å². The molecule has 1 aromatic heterocycles. The predicted molar refractivity (Wildman–Crippen MR) is 80.6 cm³/mol. The van der Waals surface area contributed by atoms with Crippen LogP contribution >= 0.6 is 11.3 Å². The molecule has 1 heterocycles. The molecule has 0 fully saturated rings. The van der Waals surface area contributed by atoms with E-state index in [1.54, 1.807) is 0 Å². The largest absolute Gasteiger partial charge is 0.348 e. The first-order valence-electron chi connectivity index (χ1n) is 7.16. The molecule has 0 radical (unpaired) electrons. The van der Waals surface area contributed by atoms with E-state index in [0.717, 1.165) is 43.5 Å². The van der Waals surface area contributed by atoms with E-state index in [4.69, 9.17) is 5.73 Å². The number of unbranched alkanes of at least 4 members (excludes halogenated alkanes) is 1. The molecule has 0 aliphatic rings. The second-order valence-electron chi connectivity index (χ2n) is 4.77. The zero-order valence-corrected chi connectivity index (χ0v) is 12.8. The Hall–Kier alpha value is -0.940. The first-order chi connectivity index (χ1) is 9.21. The third kappa shape index (κ3) is 5.70. The molecular formula is C14H25N3OS. The number of carbonyl (C=O) groups excluding carboxylic acids is 1. The van der Waals surface area contributed by atoms with E-state index in [2.05, 4.69) is 24.1 Å². The van der Waals surface area contributed by atoms with Crippen molar-refractivity contribution in [3.8, 4) is 0 Å². The van der Waals surface area contributed by atoms with Crippen LogP contribution in [0.1, 0.15) is 61.4 Å². The van der Waals surface area contributed by atoms with Gasteiger partial charge >= 0.3 is 0 Å². The second kappa shape index (κ2) is 9.04. The number of hydrogen-bond donors (Lipinski definition) is 2. The Bertz CT molecular complexity index is 379. The highest BCUT2D eigenvalue weighted by Gasteiger charge is 2.15. The maximum atomic E-state index is 12.1. The number of carbonyl (C=O) groups is 1. The zero-order valence-electron chi connectivity index (χ0n) is 11.9. The Labute approximate surface area is 119 Å². The molecule has 1 unspecified atom stereocenters. The molecule has 1 amide bonds. The Balaban J connectivity index is 2.54. The number of amides is 1. The summed E-state index contributed by atoms with van der Waals surface area (Å²) in [6.45, 7) is 4.89. The fraction of sp³-hybridized carbons (Fsp3) is 0.714. The molecule has 1 rings (SSSR count). The van der Waals surface area contributed by atoms with Crippen LogP contribution in [0.15, 0.2) is 5.38 Å². The van der Waals surface area contributed by atoms with Gasteiger partial charge in [-0.15, -0.1) is 11.3 Å². The minimum atomic E-state index is -0.0472. The Kier molecular flexibility index (Phi) is 7.67. The summed E-state index contributed by atoms with van der Waals surface area (Å²) < 4.78 is 0. The molecule has 1 aromatic rings. The van der Waals surface area contributed by atoms with Crippen molar-refractivity contribution in [1.82, 2.24) is 10.3 Å². The zero-order chi connectivity index (χ0) is 14.1. The minimum absolute atomic E-state index is 0.0472. The summed E-state index contributed by atoms with van der Waals surface area (Å²) >= 11 is 1.51. The first kappa shape index (κ1) is 16.1.